The van der Waals surface area contributed by atoms with Crippen LogP contribution in [0.2, 0.25) is 0 Å². The zero-order valence-corrected chi connectivity index (χ0v) is 17.4. The van der Waals surface area contributed by atoms with Crippen molar-refractivity contribution in [2.75, 3.05) is 13.2 Å². The Morgan fingerprint density at radius 1 is 1.04 bits per heavy atom. The number of ether oxygens (including phenoxy) is 2. The zero-order valence-electron chi connectivity index (χ0n) is 16.6. The largest absolute Gasteiger partial charge is 0.465 e. The molecule has 27 heavy (non-hydrogen) atoms. The first-order valence-corrected chi connectivity index (χ1v) is 10.1. The van der Waals surface area contributed by atoms with Gasteiger partial charge in [0.15, 0.2) is 5.41 Å². The molecule has 148 valence electrons. The van der Waals surface area contributed by atoms with Crippen LogP contribution in [0, 0.1) is 12.3 Å². The van der Waals surface area contributed by atoms with Crippen LogP contribution >= 0.6 is 0 Å². The maximum atomic E-state index is 12.7. The number of hydrogen-bond donors (Lipinski definition) is 0. The molecular weight excluding hydrogens is 364 g/mol. The van der Waals surface area contributed by atoms with E-state index in [4.69, 9.17) is 9.47 Å². The predicted molar refractivity (Wildman–Crippen MR) is 106 cm³/mol. The molecule has 1 atom stereocenters. The number of allylic oxidation sites excluding steroid dienone is 2. The van der Waals surface area contributed by atoms with Gasteiger partial charge in [0, 0.05) is 10.3 Å². The van der Waals surface area contributed by atoms with Gasteiger partial charge in [-0.05, 0) is 59.2 Å². The van der Waals surface area contributed by atoms with Crippen LogP contribution in [0.4, 0.5) is 0 Å². The van der Waals surface area contributed by atoms with E-state index in [0.717, 1.165) is 11.1 Å². The molecule has 0 aromatic heterocycles. The molecule has 1 aromatic carbocycles. The smallest absolute Gasteiger partial charge is 0.327 e. The van der Waals surface area contributed by atoms with E-state index in [0.29, 0.717) is 4.90 Å². The Morgan fingerprint density at radius 2 is 1.56 bits per heavy atom. The van der Waals surface area contributed by atoms with Crippen LogP contribution in [0.25, 0.3) is 0 Å². The number of carbonyl (C=O) groups is 2. The third-order valence-electron chi connectivity index (χ3n) is 3.84. The summed E-state index contributed by atoms with van der Waals surface area (Å²) in [7, 11) is -1.51. The number of rotatable bonds is 9. The van der Waals surface area contributed by atoms with E-state index in [9.17, 15) is 13.8 Å². The Kier molecular flexibility index (Phi) is 9.15. The summed E-state index contributed by atoms with van der Waals surface area (Å²) in [6.07, 6.45) is 3.21. The molecule has 0 saturated carbocycles. The van der Waals surface area contributed by atoms with Gasteiger partial charge in [0.2, 0.25) is 0 Å². The molecule has 0 bridgehead atoms. The van der Waals surface area contributed by atoms with Crippen molar-refractivity contribution in [2.24, 2.45) is 5.41 Å². The van der Waals surface area contributed by atoms with E-state index in [1.54, 1.807) is 32.1 Å². The maximum Gasteiger partial charge on any atom is 0.327 e. The molecule has 6 heteroatoms. The van der Waals surface area contributed by atoms with Crippen molar-refractivity contribution in [2.45, 2.75) is 45.9 Å². The summed E-state index contributed by atoms with van der Waals surface area (Å²) in [5.74, 6) is -1.42. The highest BCUT2D eigenvalue weighted by molar-refractivity contribution is 7.88. The quantitative estimate of drug-likeness (QED) is 0.360. The van der Waals surface area contributed by atoms with Gasteiger partial charge in [-0.15, -0.1) is 0 Å². The van der Waals surface area contributed by atoms with Gasteiger partial charge in [0.25, 0.3) is 0 Å². The number of carbonyl (C=O) groups excluding carboxylic acids is 2. The third-order valence-corrected chi connectivity index (χ3v) is 4.96. The second-order valence-electron chi connectivity index (χ2n) is 6.31. The summed E-state index contributed by atoms with van der Waals surface area (Å²) in [5.41, 5.74) is 0.334. The topological polar surface area (TPSA) is 69.7 Å². The zero-order chi connectivity index (χ0) is 20.4. The molecule has 0 spiro atoms. The number of esters is 2. The van der Waals surface area contributed by atoms with Crippen LogP contribution in [-0.2, 0) is 29.9 Å². The monoisotopic (exact) mass is 392 g/mol. The molecule has 0 aliphatic rings. The molecule has 0 aliphatic heterocycles. The number of hydrogen-bond acceptors (Lipinski definition) is 5. The van der Waals surface area contributed by atoms with Crippen LogP contribution < -0.4 is 0 Å². The van der Waals surface area contributed by atoms with Gasteiger partial charge in [0.05, 0.1) is 24.0 Å². The van der Waals surface area contributed by atoms with Crippen molar-refractivity contribution in [1.82, 2.24) is 0 Å². The molecule has 0 aliphatic carbocycles. The molecule has 0 heterocycles. The molecule has 0 fully saturated rings. The Balaban J connectivity index is 3.33. The van der Waals surface area contributed by atoms with Crippen LogP contribution in [0.3, 0.4) is 0 Å². The first-order chi connectivity index (χ1) is 12.8. The average Bonchev–Trinajstić information content (AvgIpc) is 2.62. The van der Waals surface area contributed by atoms with E-state index in [1.807, 2.05) is 32.9 Å². The second kappa shape index (κ2) is 10.8. The van der Waals surface area contributed by atoms with E-state index >= 15 is 0 Å². The fourth-order valence-electron chi connectivity index (χ4n) is 2.27. The van der Waals surface area contributed by atoms with E-state index in [1.165, 1.54) is 11.5 Å². The molecule has 0 N–H and O–H groups in total. The molecule has 0 radical (unpaired) electrons. The van der Waals surface area contributed by atoms with Gasteiger partial charge in [0.1, 0.15) is 0 Å². The predicted octanol–water partition coefficient (Wildman–Crippen LogP) is 4.09. The minimum Gasteiger partial charge on any atom is -0.465 e. The van der Waals surface area contributed by atoms with Crippen LogP contribution in [-0.4, -0.2) is 29.4 Å². The lowest BCUT2D eigenvalue weighted by molar-refractivity contribution is -0.167. The van der Waals surface area contributed by atoms with Crippen molar-refractivity contribution in [3.63, 3.8) is 0 Å². The second-order valence-corrected chi connectivity index (χ2v) is 7.65. The lowest BCUT2D eigenvalue weighted by Gasteiger charge is -2.25. The molecule has 0 amide bonds. The standard InChI is InChI=1S/C21H28O5S/c1-6-25-19(22)21(13-12-16(3)4,20(23)26-7-2)14-15-27(24)18-10-8-17(5)9-11-18/h8-12,14-15H,6-7,13H2,1-5H3/b15-14+/t27-/m1/s1. The summed E-state index contributed by atoms with van der Waals surface area (Å²) in [5, 5.41) is 1.36. The van der Waals surface area contributed by atoms with Crippen LogP contribution in [0.5, 0.6) is 0 Å². The summed E-state index contributed by atoms with van der Waals surface area (Å²) in [6.45, 7) is 9.28. The number of aryl methyl sites for hydroxylation is 1. The fraction of sp³-hybridized carbons (Fsp3) is 0.429. The van der Waals surface area contributed by atoms with Gasteiger partial charge in [-0.1, -0.05) is 29.3 Å². The van der Waals surface area contributed by atoms with Crippen molar-refractivity contribution in [3.05, 3.63) is 53.0 Å². The highest BCUT2D eigenvalue weighted by Gasteiger charge is 2.46. The summed E-state index contributed by atoms with van der Waals surface area (Å²) >= 11 is 0. The third kappa shape index (κ3) is 6.47. The fourth-order valence-corrected chi connectivity index (χ4v) is 3.19. The average molecular weight is 393 g/mol. The molecule has 5 nitrogen and oxygen atoms in total. The Bertz CT molecular complexity index is 709. The van der Waals surface area contributed by atoms with Crippen molar-refractivity contribution < 1.29 is 23.3 Å². The SMILES string of the molecule is CCOC(=O)C(/C=C/[S@@](=O)c1ccc(C)cc1)(CC=C(C)C)C(=O)OCC. The summed E-state index contributed by atoms with van der Waals surface area (Å²) in [4.78, 5) is 26.0. The van der Waals surface area contributed by atoms with Gasteiger partial charge in [-0.3, -0.25) is 9.59 Å². The summed E-state index contributed by atoms with van der Waals surface area (Å²) in [6, 6.07) is 7.22. The summed E-state index contributed by atoms with van der Waals surface area (Å²) < 4.78 is 22.9. The Hall–Kier alpha value is -2.21. The van der Waals surface area contributed by atoms with E-state index < -0.39 is 28.2 Å². The molecule has 0 saturated heterocycles. The minimum absolute atomic E-state index is 0.0780. The maximum absolute atomic E-state index is 12.7. The Morgan fingerprint density at radius 3 is 2.00 bits per heavy atom. The van der Waals surface area contributed by atoms with Gasteiger partial charge in [-0.25, -0.2) is 4.21 Å². The molecule has 1 aromatic rings. The van der Waals surface area contributed by atoms with Crippen molar-refractivity contribution in [3.8, 4) is 0 Å². The van der Waals surface area contributed by atoms with Crippen LogP contribution in [0.1, 0.15) is 39.7 Å². The Labute approximate surface area is 163 Å². The molecule has 1 rings (SSSR count). The lowest BCUT2D eigenvalue weighted by Crippen LogP contribution is -2.40. The van der Waals surface area contributed by atoms with E-state index in [2.05, 4.69) is 0 Å². The minimum atomic E-state index is -1.66. The first-order valence-electron chi connectivity index (χ1n) is 8.91. The number of benzene rings is 1. The van der Waals surface area contributed by atoms with Gasteiger partial charge >= 0.3 is 11.9 Å². The highest BCUT2D eigenvalue weighted by atomic mass is 32.2. The van der Waals surface area contributed by atoms with E-state index in [-0.39, 0.29) is 19.6 Å². The highest BCUT2D eigenvalue weighted by Crippen LogP contribution is 2.30. The molecule has 0 unspecified atom stereocenters. The van der Waals surface area contributed by atoms with Crippen molar-refractivity contribution in [1.29, 1.82) is 0 Å². The van der Waals surface area contributed by atoms with Crippen molar-refractivity contribution >= 4 is 22.7 Å². The molecular formula is C21H28O5S. The van der Waals surface area contributed by atoms with Crippen LogP contribution in [0.15, 0.2) is 52.3 Å². The van der Waals surface area contributed by atoms with Gasteiger partial charge in [-0.2, -0.15) is 0 Å². The normalized spacial score (nSPS) is 12.5. The van der Waals surface area contributed by atoms with Gasteiger partial charge < -0.3 is 9.47 Å². The lowest BCUT2D eigenvalue weighted by atomic mass is 9.84. The first kappa shape index (κ1) is 22.8.